The lowest BCUT2D eigenvalue weighted by Crippen LogP contribution is -2.27. The van der Waals surface area contributed by atoms with Crippen LogP contribution in [0.1, 0.15) is 27.5 Å². The third kappa shape index (κ3) is 2.26. The van der Waals surface area contributed by atoms with Crippen LogP contribution >= 0.6 is 23.1 Å². The number of aryl methyl sites for hydroxylation is 1. The highest BCUT2D eigenvalue weighted by atomic mass is 32.1. The average molecular weight is 281 g/mol. The van der Waals surface area contributed by atoms with Gasteiger partial charge in [-0.3, -0.25) is 10.1 Å². The zero-order valence-electron chi connectivity index (χ0n) is 9.42. The number of hydrogen-bond donors (Lipinski definition) is 2. The number of amides is 1. The van der Waals surface area contributed by atoms with Crippen molar-refractivity contribution in [3.63, 3.8) is 0 Å². The zero-order valence-corrected chi connectivity index (χ0v) is 11.1. The van der Waals surface area contributed by atoms with Gasteiger partial charge in [-0.15, -0.1) is 11.3 Å². The summed E-state index contributed by atoms with van der Waals surface area (Å²) in [7, 11) is 0. The first-order valence-electron chi connectivity index (χ1n) is 5.55. The van der Waals surface area contributed by atoms with Crippen LogP contribution in [0.2, 0.25) is 0 Å². The minimum atomic E-state index is -0.265. The average Bonchev–Trinajstić information content (AvgIpc) is 2.95. The molecule has 94 valence electrons. The van der Waals surface area contributed by atoms with Gasteiger partial charge in [0, 0.05) is 10.9 Å². The van der Waals surface area contributed by atoms with Gasteiger partial charge < -0.3 is 5.73 Å². The zero-order chi connectivity index (χ0) is 12.5. The van der Waals surface area contributed by atoms with E-state index >= 15 is 0 Å². The molecule has 0 saturated carbocycles. The molecule has 3 rings (SSSR count). The maximum absolute atomic E-state index is 11.8. The van der Waals surface area contributed by atoms with Crippen molar-refractivity contribution in [1.82, 2.24) is 13.7 Å². The number of thiazole rings is 1. The van der Waals surface area contributed by atoms with Crippen LogP contribution in [0.3, 0.4) is 0 Å². The van der Waals surface area contributed by atoms with Crippen LogP contribution in [0.4, 0.5) is 5.13 Å². The molecule has 0 saturated heterocycles. The molecule has 1 amide bonds. The lowest BCUT2D eigenvalue weighted by molar-refractivity contribution is 0.102. The van der Waals surface area contributed by atoms with Gasteiger partial charge in [0.25, 0.3) is 5.91 Å². The second-order valence-corrected chi connectivity index (χ2v) is 5.78. The third-order valence-electron chi connectivity index (χ3n) is 2.79. The number of rotatable bonds is 2. The maximum atomic E-state index is 11.8. The molecular weight excluding hydrogens is 270 g/mol. The number of nitrogens with one attached hydrogen (secondary N) is 1. The second-order valence-electron chi connectivity index (χ2n) is 4.14. The number of hydrogen-bond acceptors (Lipinski definition) is 7. The van der Waals surface area contributed by atoms with Gasteiger partial charge in [-0.25, -0.2) is 4.98 Å². The van der Waals surface area contributed by atoms with Gasteiger partial charge in [-0.1, -0.05) is 0 Å². The van der Waals surface area contributed by atoms with Gasteiger partial charge in [0.05, 0.1) is 23.6 Å². The van der Waals surface area contributed by atoms with Crippen molar-refractivity contribution in [3.05, 3.63) is 22.5 Å². The smallest absolute Gasteiger partial charge is 0.278 e. The Balaban J connectivity index is 1.76. The van der Waals surface area contributed by atoms with Crippen molar-refractivity contribution in [2.24, 2.45) is 5.73 Å². The van der Waals surface area contributed by atoms with Crippen LogP contribution in [0.15, 0.2) is 6.20 Å². The van der Waals surface area contributed by atoms with Gasteiger partial charge in [0.1, 0.15) is 0 Å². The molecule has 6 nitrogen and oxygen atoms in total. The Bertz CT molecular complexity index is 565. The summed E-state index contributed by atoms with van der Waals surface area (Å²) < 4.78 is 7.68. The highest BCUT2D eigenvalue weighted by Crippen LogP contribution is 2.29. The number of aromatic nitrogens is 3. The summed E-state index contributed by atoms with van der Waals surface area (Å²) in [6, 6.07) is 0.212. The fraction of sp³-hybridized carbons (Fsp3) is 0.400. The predicted molar refractivity (Wildman–Crippen MR) is 70.0 cm³/mol. The molecule has 0 aliphatic heterocycles. The molecule has 0 fully saturated rings. The van der Waals surface area contributed by atoms with Crippen molar-refractivity contribution in [2.45, 2.75) is 25.3 Å². The Hall–Kier alpha value is -1.38. The van der Waals surface area contributed by atoms with E-state index in [-0.39, 0.29) is 11.9 Å². The fourth-order valence-corrected chi connectivity index (χ4v) is 3.39. The molecule has 1 aliphatic carbocycles. The number of carbonyl (C=O) groups excluding carboxylic acids is 1. The molecular formula is C10H11N5OS2. The molecule has 18 heavy (non-hydrogen) atoms. The summed E-state index contributed by atoms with van der Waals surface area (Å²) in [5, 5.41) is 3.37. The molecule has 2 aromatic heterocycles. The summed E-state index contributed by atoms with van der Waals surface area (Å²) in [6.07, 6.45) is 4.14. The van der Waals surface area contributed by atoms with Crippen LogP contribution in [0, 0.1) is 0 Å². The van der Waals surface area contributed by atoms with Crippen LogP contribution in [-0.4, -0.2) is 25.7 Å². The quantitative estimate of drug-likeness (QED) is 0.858. The van der Waals surface area contributed by atoms with Crippen LogP contribution in [-0.2, 0) is 12.8 Å². The molecule has 2 heterocycles. The maximum Gasteiger partial charge on any atom is 0.278 e. The second kappa shape index (κ2) is 4.71. The van der Waals surface area contributed by atoms with Gasteiger partial charge in [-0.2, -0.15) is 8.75 Å². The first kappa shape index (κ1) is 11.7. The minimum absolute atomic E-state index is 0.212. The summed E-state index contributed by atoms with van der Waals surface area (Å²) in [6.45, 7) is 0. The van der Waals surface area contributed by atoms with Gasteiger partial charge in [-0.05, 0) is 19.3 Å². The third-order valence-corrected chi connectivity index (χ3v) is 4.31. The van der Waals surface area contributed by atoms with E-state index in [1.807, 2.05) is 0 Å². The molecule has 0 spiro atoms. The Morgan fingerprint density at radius 1 is 1.56 bits per heavy atom. The Kier molecular flexibility index (Phi) is 3.06. The van der Waals surface area contributed by atoms with Crippen molar-refractivity contribution >= 4 is 34.1 Å². The van der Waals surface area contributed by atoms with Crippen molar-refractivity contribution in [3.8, 4) is 0 Å². The highest BCUT2D eigenvalue weighted by Gasteiger charge is 2.21. The van der Waals surface area contributed by atoms with E-state index in [0.717, 1.165) is 36.7 Å². The van der Waals surface area contributed by atoms with E-state index < -0.39 is 0 Å². The molecule has 3 N–H and O–H groups in total. The molecule has 0 aromatic carbocycles. The van der Waals surface area contributed by atoms with E-state index in [1.165, 1.54) is 22.4 Å². The molecule has 1 atom stereocenters. The van der Waals surface area contributed by atoms with E-state index in [0.29, 0.717) is 10.8 Å². The predicted octanol–water partition coefficient (Wildman–Crippen LogP) is 1.06. The molecule has 8 heteroatoms. The van der Waals surface area contributed by atoms with Crippen molar-refractivity contribution in [1.29, 1.82) is 0 Å². The van der Waals surface area contributed by atoms with Gasteiger partial charge >= 0.3 is 0 Å². The first-order valence-corrected chi connectivity index (χ1v) is 7.10. The number of fused-ring (bicyclic) bond motifs is 1. The summed E-state index contributed by atoms with van der Waals surface area (Å²) >= 11 is 2.51. The van der Waals surface area contributed by atoms with Gasteiger partial charge in [0.2, 0.25) is 0 Å². The topological polar surface area (TPSA) is 93.8 Å². The monoisotopic (exact) mass is 281 g/mol. The van der Waals surface area contributed by atoms with Crippen molar-refractivity contribution in [2.75, 3.05) is 5.32 Å². The molecule has 0 radical (unpaired) electrons. The largest absolute Gasteiger partial charge is 0.327 e. The Morgan fingerprint density at radius 3 is 3.22 bits per heavy atom. The van der Waals surface area contributed by atoms with E-state index in [2.05, 4.69) is 19.0 Å². The Labute approximate surface area is 112 Å². The van der Waals surface area contributed by atoms with Crippen LogP contribution < -0.4 is 11.1 Å². The number of anilines is 1. The number of nitrogens with zero attached hydrogens (tertiary/aromatic N) is 3. The lowest BCUT2D eigenvalue weighted by Gasteiger charge is -2.15. The van der Waals surface area contributed by atoms with Gasteiger partial charge in [0.15, 0.2) is 10.8 Å². The number of nitrogens with two attached hydrogens (primary N) is 1. The molecule has 0 unspecified atom stereocenters. The minimum Gasteiger partial charge on any atom is -0.327 e. The number of carbonyl (C=O) groups is 1. The summed E-state index contributed by atoms with van der Waals surface area (Å²) in [5.74, 6) is -0.265. The van der Waals surface area contributed by atoms with Crippen LogP contribution in [0.5, 0.6) is 0 Å². The normalized spacial score (nSPS) is 18.4. The standard InChI is InChI=1S/C10H11N5OS2/c11-5-1-2-6-8(3-5)17-10(13-6)14-9(16)7-4-12-18-15-7/h4-5H,1-3,11H2,(H,13,14,16)/t5-/m0/s1. The highest BCUT2D eigenvalue weighted by molar-refractivity contribution is 7.15. The van der Waals surface area contributed by atoms with Crippen LogP contribution in [0.25, 0.3) is 0 Å². The van der Waals surface area contributed by atoms with E-state index in [9.17, 15) is 4.79 Å². The molecule has 0 bridgehead atoms. The summed E-state index contributed by atoms with van der Waals surface area (Å²) in [5.41, 5.74) is 7.30. The van der Waals surface area contributed by atoms with E-state index in [4.69, 9.17) is 5.73 Å². The molecule has 2 aromatic rings. The van der Waals surface area contributed by atoms with E-state index in [1.54, 1.807) is 0 Å². The molecule has 1 aliphatic rings. The fourth-order valence-electron chi connectivity index (χ4n) is 1.88. The summed E-state index contributed by atoms with van der Waals surface area (Å²) in [4.78, 5) is 17.4. The Morgan fingerprint density at radius 2 is 2.44 bits per heavy atom. The first-order chi connectivity index (χ1) is 8.72. The van der Waals surface area contributed by atoms with Crippen molar-refractivity contribution < 1.29 is 4.79 Å². The SMILES string of the molecule is N[C@H]1CCc2nc(NC(=O)c3cnsn3)sc2C1. The lowest BCUT2D eigenvalue weighted by atomic mass is 9.99.